The molecule has 0 radical (unpaired) electrons. The van der Waals surface area contributed by atoms with Crippen LogP contribution in [0, 0.1) is 6.92 Å². The number of nitrogens with one attached hydrogen (secondary N) is 1. The highest BCUT2D eigenvalue weighted by Gasteiger charge is 2.07. The van der Waals surface area contributed by atoms with Gasteiger partial charge in [0, 0.05) is 24.0 Å². The molecule has 0 unspecified atom stereocenters. The number of rotatable bonds is 3. The predicted molar refractivity (Wildman–Crippen MR) is 79.9 cm³/mol. The van der Waals surface area contributed by atoms with Crippen molar-refractivity contribution >= 4 is 0 Å². The average Bonchev–Trinajstić information content (AvgIpc) is 3.01. The van der Waals surface area contributed by atoms with Gasteiger partial charge in [0.15, 0.2) is 5.82 Å². The minimum absolute atomic E-state index is 0.544. The molecule has 0 saturated heterocycles. The highest BCUT2D eigenvalue weighted by molar-refractivity contribution is 5.62. The van der Waals surface area contributed by atoms with E-state index < -0.39 is 0 Å². The number of benzene rings is 1. The van der Waals surface area contributed by atoms with Crippen molar-refractivity contribution in [1.29, 1.82) is 0 Å². The Morgan fingerprint density at radius 2 is 1.90 bits per heavy atom. The van der Waals surface area contributed by atoms with E-state index in [1.54, 1.807) is 0 Å². The fourth-order valence-corrected chi connectivity index (χ4v) is 2.12. The number of aryl methyl sites for hydroxylation is 1. The van der Waals surface area contributed by atoms with Crippen LogP contribution < -0.4 is 5.73 Å². The van der Waals surface area contributed by atoms with Gasteiger partial charge < -0.3 is 10.7 Å². The van der Waals surface area contributed by atoms with E-state index >= 15 is 0 Å². The van der Waals surface area contributed by atoms with E-state index in [-0.39, 0.29) is 0 Å². The molecule has 20 heavy (non-hydrogen) atoms. The lowest BCUT2D eigenvalue weighted by Gasteiger charge is -2.06. The second-order valence-corrected chi connectivity index (χ2v) is 4.70. The molecular weight excluding hydrogens is 248 g/mol. The van der Waals surface area contributed by atoms with Crippen LogP contribution in [0.25, 0.3) is 22.8 Å². The number of H-pyrrole nitrogens is 1. The van der Waals surface area contributed by atoms with Gasteiger partial charge in [-0.25, -0.2) is 9.97 Å². The summed E-state index contributed by atoms with van der Waals surface area (Å²) in [5.74, 6) is 0.734. The Hall–Kier alpha value is -2.46. The molecule has 0 fully saturated rings. The Morgan fingerprint density at radius 3 is 2.55 bits per heavy atom. The fraction of sp³-hybridized carbons (Fsp3) is 0.125. The van der Waals surface area contributed by atoms with Crippen LogP contribution in [0.15, 0.2) is 48.7 Å². The van der Waals surface area contributed by atoms with Crippen molar-refractivity contribution in [2.45, 2.75) is 13.5 Å². The van der Waals surface area contributed by atoms with Crippen molar-refractivity contribution in [3.63, 3.8) is 0 Å². The molecule has 3 rings (SSSR count). The van der Waals surface area contributed by atoms with Gasteiger partial charge in [0.05, 0.1) is 11.4 Å². The summed E-state index contributed by atoms with van der Waals surface area (Å²) in [5.41, 5.74) is 10.6. The molecule has 0 aliphatic carbocycles. The first-order valence-corrected chi connectivity index (χ1v) is 6.55. The van der Waals surface area contributed by atoms with Gasteiger partial charge >= 0.3 is 0 Å². The van der Waals surface area contributed by atoms with Gasteiger partial charge in [-0.15, -0.1) is 0 Å². The monoisotopic (exact) mass is 264 g/mol. The molecule has 3 N–H and O–H groups in total. The molecule has 1 aromatic carbocycles. The van der Waals surface area contributed by atoms with Crippen LogP contribution in [-0.2, 0) is 6.54 Å². The van der Waals surface area contributed by atoms with E-state index in [1.165, 1.54) is 0 Å². The van der Waals surface area contributed by atoms with Crippen molar-refractivity contribution in [2.75, 3.05) is 0 Å². The molecule has 2 heterocycles. The number of aromatic amines is 1. The summed E-state index contributed by atoms with van der Waals surface area (Å²) in [5, 5.41) is 0. The van der Waals surface area contributed by atoms with Crippen molar-refractivity contribution in [3.05, 3.63) is 59.9 Å². The van der Waals surface area contributed by atoms with E-state index in [0.717, 1.165) is 34.0 Å². The SMILES string of the molecule is Cc1cc(-c2ccc[nH]2)nc(-c2ccc(CN)cc2)n1. The van der Waals surface area contributed by atoms with E-state index in [2.05, 4.69) is 15.0 Å². The number of aromatic nitrogens is 3. The van der Waals surface area contributed by atoms with Crippen LogP contribution in [0.3, 0.4) is 0 Å². The van der Waals surface area contributed by atoms with Crippen molar-refractivity contribution in [2.24, 2.45) is 5.73 Å². The van der Waals surface area contributed by atoms with E-state index in [1.807, 2.05) is 55.6 Å². The zero-order chi connectivity index (χ0) is 13.9. The molecule has 2 aromatic heterocycles. The number of nitrogens with two attached hydrogens (primary N) is 1. The van der Waals surface area contributed by atoms with Gasteiger partial charge in [0.25, 0.3) is 0 Å². The summed E-state index contributed by atoms with van der Waals surface area (Å²) in [6.45, 7) is 2.52. The van der Waals surface area contributed by atoms with Crippen molar-refractivity contribution < 1.29 is 0 Å². The number of hydrogen-bond acceptors (Lipinski definition) is 3. The van der Waals surface area contributed by atoms with Crippen LogP contribution in [0.5, 0.6) is 0 Å². The Kier molecular flexibility index (Phi) is 3.31. The van der Waals surface area contributed by atoms with E-state index in [0.29, 0.717) is 6.54 Å². The molecule has 0 bridgehead atoms. The summed E-state index contributed by atoms with van der Waals surface area (Å²) >= 11 is 0. The van der Waals surface area contributed by atoms with Crippen LogP contribution in [-0.4, -0.2) is 15.0 Å². The smallest absolute Gasteiger partial charge is 0.160 e. The zero-order valence-electron chi connectivity index (χ0n) is 11.3. The van der Waals surface area contributed by atoms with Crippen LogP contribution in [0.4, 0.5) is 0 Å². The second-order valence-electron chi connectivity index (χ2n) is 4.70. The predicted octanol–water partition coefficient (Wildman–Crippen LogP) is 2.91. The first-order chi connectivity index (χ1) is 9.76. The molecular formula is C16H16N4. The maximum atomic E-state index is 5.62. The van der Waals surface area contributed by atoms with E-state index in [9.17, 15) is 0 Å². The molecule has 0 atom stereocenters. The number of hydrogen-bond donors (Lipinski definition) is 2. The summed E-state index contributed by atoms with van der Waals surface area (Å²) in [6.07, 6.45) is 1.89. The lowest BCUT2D eigenvalue weighted by atomic mass is 10.1. The zero-order valence-corrected chi connectivity index (χ0v) is 11.3. The van der Waals surface area contributed by atoms with Crippen LogP contribution >= 0.6 is 0 Å². The molecule has 0 spiro atoms. The molecule has 0 aliphatic rings. The Balaban J connectivity index is 2.04. The molecule has 100 valence electrons. The minimum atomic E-state index is 0.544. The minimum Gasteiger partial charge on any atom is -0.360 e. The van der Waals surface area contributed by atoms with Gasteiger partial charge in [0.2, 0.25) is 0 Å². The number of nitrogens with zero attached hydrogens (tertiary/aromatic N) is 2. The first-order valence-electron chi connectivity index (χ1n) is 6.55. The molecule has 4 heteroatoms. The summed E-state index contributed by atoms with van der Waals surface area (Å²) in [4.78, 5) is 12.3. The van der Waals surface area contributed by atoms with Gasteiger partial charge in [-0.2, -0.15) is 0 Å². The quantitative estimate of drug-likeness (QED) is 0.764. The largest absolute Gasteiger partial charge is 0.360 e. The lowest BCUT2D eigenvalue weighted by molar-refractivity contribution is 1.07. The molecule has 0 aliphatic heterocycles. The standard InChI is InChI=1S/C16H16N4/c1-11-9-15(14-3-2-8-18-14)20-16(19-11)13-6-4-12(10-17)5-7-13/h2-9,18H,10,17H2,1H3. The van der Waals surface area contributed by atoms with Crippen LogP contribution in [0.2, 0.25) is 0 Å². The Morgan fingerprint density at radius 1 is 1.10 bits per heavy atom. The molecule has 3 aromatic rings. The van der Waals surface area contributed by atoms with Gasteiger partial charge in [-0.05, 0) is 30.7 Å². The average molecular weight is 264 g/mol. The van der Waals surface area contributed by atoms with Gasteiger partial charge in [-0.1, -0.05) is 24.3 Å². The third kappa shape index (κ3) is 2.46. The summed E-state index contributed by atoms with van der Waals surface area (Å²) in [7, 11) is 0. The highest BCUT2D eigenvalue weighted by Crippen LogP contribution is 2.21. The lowest BCUT2D eigenvalue weighted by Crippen LogP contribution is -1.97. The summed E-state index contributed by atoms with van der Waals surface area (Å²) in [6, 6.07) is 14.0. The van der Waals surface area contributed by atoms with Crippen molar-refractivity contribution in [1.82, 2.24) is 15.0 Å². The third-order valence-electron chi connectivity index (χ3n) is 3.18. The summed E-state index contributed by atoms with van der Waals surface area (Å²) < 4.78 is 0. The second kappa shape index (κ2) is 5.27. The maximum Gasteiger partial charge on any atom is 0.160 e. The van der Waals surface area contributed by atoms with Gasteiger partial charge in [0.1, 0.15) is 0 Å². The Labute approximate surface area is 117 Å². The topological polar surface area (TPSA) is 67.6 Å². The molecule has 0 amide bonds. The van der Waals surface area contributed by atoms with Gasteiger partial charge in [-0.3, -0.25) is 0 Å². The fourth-order valence-electron chi connectivity index (χ4n) is 2.12. The third-order valence-corrected chi connectivity index (χ3v) is 3.18. The Bertz CT molecular complexity index is 700. The maximum absolute atomic E-state index is 5.62. The molecule has 4 nitrogen and oxygen atoms in total. The molecule has 0 saturated carbocycles. The van der Waals surface area contributed by atoms with E-state index in [4.69, 9.17) is 5.73 Å². The first kappa shape index (κ1) is 12.6. The highest BCUT2D eigenvalue weighted by atomic mass is 14.9. The van der Waals surface area contributed by atoms with Crippen molar-refractivity contribution in [3.8, 4) is 22.8 Å². The van der Waals surface area contributed by atoms with Crippen LogP contribution in [0.1, 0.15) is 11.3 Å². The normalized spacial score (nSPS) is 10.7.